The number of aryl methyl sites for hydroxylation is 1. The number of benzene rings is 3. The molecule has 4 N–H and O–H groups in total. The summed E-state index contributed by atoms with van der Waals surface area (Å²) >= 11 is 1.58. The first kappa shape index (κ1) is 50.2. The third kappa shape index (κ3) is 13.2. The number of likely N-dealkylation sites (tertiary alicyclic amines) is 2. The molecule has 8 rings (SSSR count). The van der Waals surface area contributed by atoms with Crippen molar-refractivity contribution in [3.05, 3.63) is 83.5 Å². The van der Waals surface area contributed by atoms with Gasteiger partial charge in [0, 0.05) is 56.7 Å². The lowest BCUT2D eigenvalue weighted by Crippen LogP contribution is -2.57. The maximum absolute atomic E-state index is 14.0. The quantitative estimate of drug-likeness (QED) is 0.0641. The van der Waals surface area contributed by atoms with Gasteiger partial charge in [0.2, 0.25) is 23.5 Å². The Labute approximate surface area is 410 Å². The summed E-state index contributed by atoms with van der Waals surface area (Å²) in [6, 6.07) is 19.7. The Hall–Kier alpha value is -6.16. The molecular weight excluding hydrogens is 917 g/mol. The van der Waals surface area contributed by atoms with Gasteiger partial charge in [-0.05, 0) is 71.9 Å². The highest BCUT2D eigenvalue weighted by Crippen LogP contribution is 2.34. The summed E-state index contributed by atoms with van der Waals surface area (Å²) in [6.07, 6.45) is 1.21. The van der Waals surface area contributed by atoms with Crippen LogP contribution in [0.3, 0.4) is 0 Å². The molecule has 0 aliphatic carbocycles. The fourth-order valence-electron chi connectivity index (χ4n) is 8.64. The highest BCUT2D eigenvalue weighted by Gasteiger charge is 2.44. The number of tetrazole rings is 1. The van der Waals surface area contributed by atoms with Gasteiger partial charge in [-0.15, -0.1) is 21.5 Å². The van der Waals surface area contributed by atoms with Gasteiger partial charge in [-0.1, -0.05) is 62.3 Å². The first-order chi connectivity index (χ1) is 33.9. The molecule has 20 heteroatoms. The molecule has 0 bridgehead atoms. The van der Waals surface area contributed by atoms with E-state index in [9.17, 15) is 19.5 Å². The largest absolute Gasteiger partial charge is 0.490 e. The Morgan fingerprint density at radius 3 is 2.39 bits per heavy atom. The number of carbonyl (C=O) groups excluding carboxylic acids is 3. The molecule has 2 saturated heterocycles. The number of piperidine rings is 1. The average Bonchev–Trinajstić information content (AvgIpc) is 4.20. The van der Waals surface area contributed by atoms with Crippen LogP contribution in [-0.2, 0) is 35.1 Å². The van der Waals surface area contributed by atoms with Crippen molar-refractivity contribution in [2.45, 2.75) is 84.2 Å². The number of nitrogens with zero attached hydrogens (tertiary/aromatic N) is 7. The Morgan fingerprint density at radius 2 is 1.67 bits per heavy atom. The predicted molar refractivity (Wildman–Crippen MR) is 261 cm³/mol. The molecule has 6 aromatic rings. The number of fused-ring (bicyclic) bond motifs is 1. The molecular formula is C50H62N10O9S. The molecule has 19 nitrogen and oxygen atoms in total. The normalized spacial score (nSPS) is 17.2. The summed E-state index contributed by atoms with van der Waals surface area (Å²) in [5, 5.41) is 35.8. The van der Waals surface area contributed by atoms with E-state index in [0.717, 1.165) is 82.0 Å². The van der Waals surface area contributed by atoms with Crippen LogP contribution in [0.1, 0.15) is 57.7 Å². The van der Waals surface area contributed by atoms with Gasteiger partial charge in [0.25, 0.3) is 0 Å². The van der Waals surface area contributed by atoms with Crippen LogP contribution in [0.4, 0.5) is 0 Å². The van der Waals surface area contributed by atoms with E-state index in [1.165, 1.54) is 4.90 Å². The number of aromatic nitrogens is 6. The monoisotopic (exact) mass is 978 g/mol. The standard InChI is InChI=1S/C50H62N10O9S/c1-32-45(70-31-52-32)34-10-8-33(9-11-34)29-51-48(63)42-28-37(61)30-60(42)49(64)46(50(2,3)4)53-43(62)16-20-65-22-24-67-25-23-66-21-19-59-17-14-38(15-18-59)68-39-7-5-6-35(26-39)44-40-27-36(47-54-57-58-55-47)12-13-41(40)56-69-44/h5-13,26-27,31,37-38,42,46,61H,14-25,28-30H2,1-4H3,(H,51,63)(H,53,62)(H,54,55,57,58)/t37-,42+,46-/m1/s1. The molecule has 2 fully saturated rings. The van der Waals surface area contributed by atoms with E-state index in [1.807, 2.05) is 99.9 Å². The van der Waals surface area contributed by atoms with Gasteiger partial charge in [0.15, 0.2) is 5.76 Å². The van der Waals surface area contributed by atoms with E-state index >= 15 is 0 Å². The summed E-state index contributed by atoms with van der Waals surface area (Å²) in [5.41, 5.74) is 6.49. The van der Waals surface area contributed by atoms with Gasteiger partial charge >= 0.3 is 0 Å². The van der Waals surface area contributed by atoms with Gasteiger partial charge in [-0.2, -0.15) is 5.21 Å². The first-order valence-corrected chi connectivity index (χ1v) is 24.7. The minimum absolute atomic E-state index is 0.00199. The summed E-state index contributed by atoms with van der Waals surface area (Å²) in [4.78, 5) is 49.6. The number of aliphatic hydroxyl groups excluding tert-OH is 1. The van der Waals surface area contributed by atoms with Crippen LogP contribution in [0.5, 0.6) is 5.75 Å². The van der Waals surface area contributed by atoms with Gasteiger partial charge < -0.3 is 49.0 Å². The molecule has 2 aliphatic rings. The zero-order chi connectivity index (χ0) is 49.0. The minimum atomic E-state index is -0.920. The molecule has 3 atom stereocenters. The average molecular weight is 979 g/mol. The second kappa shape index (κ2) is 23.6. The maximum Gasteiger partial charge on any atom is 0.246 e. The molecule has 372 valence electrons. The third-order valence-corrected chi connectivity index (χ3v) is 13.5. The van der Waals surface area contributed by atoms with Crippen LogP contribution in [-0.4, -0.2) is 154 Å². The highest BCUT2D eigenvalue weighted by molar-refractivity contribution is 7.13. The second-order valence-corrected chi connectivity index (χ2v) is 19.6. The topological polar surface area (TPSA) is 232 Å². The van der Waals surface area contributed by atoms with E-state index in [4.69, 9.17) is 23.5 Å². The number of amides is 3. The van der Waals surface area contributed by atoms with E-state index < -0.39 is 29.5 Å². The number of hydrogen-bond donors (Lipinski definition) is 4. The lowest BCUT2D eigenvalue weighted by molar-refractivity contribution is -0.144. The zero-order valence-corrected chi connectivity index (χ0v) is 40.9. The Kier molecular flexibility index (Phi) is 17.0. The van der Waals surface area contributed by atoms with Crippen LogP contribution in [0.25, 0.3) is 44.1 Å². The van der Waals surface area contributed by atoms with Crippen LogP contribution < -0.4 is 15.4 Å². The SMILES string of the molecule is Cc1ncsc1-c1ccc(CNC(=O)[C@@H]2C[C@@H](O)CN2C(=O)[C@@H](NC(=O)CCOCCOCCOCCN2CCC(Oc3cccc(-c4onc5ccc(-c6nn[nH]n6)cc45)c3)CC2)C(C)(C)C)cc1. The number of hydrogen-bond acceptors (Lipinski definition) is 16. The van der Waals surface area contributed by atoms with Crippen LogP contribution in [0, 0.1) is 12.3 Å². The highest BCUT2D eigenvalue weighted by atomic mass is 32.1. The number of ether oxygens (including phenoxy) is 4. The zero-order valence-electron chi connectivity index (χ0n) is 40.1. The summed E-state index contributed by atoms with van der Waals surface area (Å²) < 4.78 is 29.3. The predicted octanol–water partition coefficient (Wildman–Crippen LogP) is 5.20. The van der Waals surface area contributed by atoms with Gasteiger partial charge in [0.1, 0.15) is 29.5 Å². The number of H-pyrrole nitrogens is 1. The Balaban J connectivity index is 0.670. The fraction of sp³-hybridized carbons (Fsp3) is 0.480. The molecule has 3 amide bonds. The van der Waals surface area contributed by atoms with Gasteiger partial charge in [-0.25, -0.2) is 4.98 Å². The molecule has 2 aliphatic heterocycles. The van der Waals surface area contributed by atoms with E-state index in [2.05, 4.69) is 46.3 Å². The Morgan fingerprint density at radius 1 is 0.929 bits per heavy atom. The number of aliphatic hydroxyl groups is 1. The molecule has 3 aromatic heterocycles. The summed E-state index contributed by atoms with van der Waals surface area (Å²) in [7, 11) is 0. The van der Waals surface area contributed by atoms with E-state index in [0.29, 0.717) is 44.6 Å². The van der Waals surface area contributed by atoms with Crippen molar-refractivity contribution in [3.8, 4) is 38.9 Å². The second-order valence-electron chi connectivity index (χ2n) is 18.7. The van der Waals surface area contributed by atoms with Gasteiger partial charge in [0.05, 0.1) is 67.2 Å². The van der Waals surface area contributed by atoms with Gasteiger partial charge in [-0.3, -0.25) is 14.4 Å². The van der Waals surface area contributed by atoms with Crippen molar-refractivity contribution in [1.29, 1.82) is 0 Å². The molecule has 70 heavy (non-hydrogen) atoms. The number of aromatic amines is 1. The Bertz CT molecular complexity index is 2640. The van der Waals surface area contributed by atoms with Crippen LogP contribution in [0.2, 0.25) is 0 Å². The van der Waals surface area contributed by atoms with Crippen molar-refractivity contribution in [2.24, 2.45) is 5.41 Å². The van der Waals surface area contributed by atoms with Crippen LogP contribution >= 0.6 is 11.3 Å². The first-order valence-electron chi connectivity index (χ1n) is 23.8. The lowest BCUT2D eigenvalue weighted by atomic mass is 9.85. The molecule has 0 unspecified atom stereocenters. The van der Waals surface area contributed by atoms with Crippen molar-refractivity contribution < 1.29 is 43.0 Å². The molecule has 0 saturated carbocycles. The van der Waals surface area contributed by atoms with Crippen LogP contribution in [0.15, 0.2) is 76.8 Å². The van der Waals surface area contributed by atoms with E-state index in [-0.39, 0.29) is 50.5 Å². The van der Waals surface area contributed by atoms with Crippen molar-refractivity contribution in [3.63, 3.8) is 0 Å². The molecule has 0 radical (unpaired) electrons. The smallest absolute Gasteiger partial charge is 0.246 e. The maximum atomic E-state index is 14.0. The third-order valence-electron chi connectivity index (χ3n) is 12.5. The molecule has 5 heterocycles. The molecule has 0 spiro atoms. The van der Waals surface area contributed by atoms with Crippen molar-refractivity contribution >= 4 is 40.0 Å². The lowest BCUT2D eigenvalue weighted by Gasteiger charge is -2.35. The van der Waals surface area contributed by atoms with Crippen molar-refractivity contribution in [2.75, 3.05) is 65.8 Å². The minimum Gasteiger partial charge on any atom is -0.490 e. The summed E-state index contributed by atoms with van der Waals surface area (Å²) in [6.45, 7) is 12.7. The van der Waals surface area contributed by atoms with Crippen molar-refractivity contribution in [1.82, 2.24) is 51.2 Å². The number of carbonyl (C=O) groups is 3. The number of nitrogens with one attached hydrogen (secondary N) is 3. The number of rotatable bonds is 22. The van der Waals surface area contributed by atoms with E-state index in [1.54, 1.807) is 11.3 Å². The fourth-order valence-corrected chi connectivity index (χ4v) is 9.45. The number of β-amino-alcohol motifs (C(OH)–C–C–N with tert-alkyl or cyclic N) is 1. The number of thiazole rings is 1. The summed E-state index contributed by atoms with van der Waals surface area (Å²) in [5.74, 6) is 0.810. The molecule has 3 aromatic carbocycles.